The lowest BCUT2D eigenvalue weighted by Gasteiger charge is -2.23. The van der Waals surface area contributed by atoms with Gasteiger partial charge in [0.1, 0.15) is 0 Å². The van der Waals surface area contributed by atoms with Crippen LogP contribution < -0.4 is 5.32 Å². The fraction of sp³-hybridized carbons (Fsp3) is 0.941. The summed E-state index contributed by atoms with van der Waals surface area (Å²) in [4.78, 5) is 2.44. The van der Waals surface area contributed by atoms with Crippen molar-refractivity contribution in [2.45, 2.75) is 67.2 Å². The zero-order valence-corrected chi connectivity index (χ0v) is 14.8. The summed E-state index contributed by atoms with van der Waals surface area (Å²) in [6.45, 7) is 18.9. The van der Waals surface area contributed by atoms with Crippen molar-refractivity contribution in [1.29, 1.82) is 0 Å². The molecule has 0 aliphatic carbocycles. The quantitative estimate of drug-likeness (QED) is 0.376. The first-order valence-electron chi connectivity index (χ1n) is 8.78. The van der Waals surface area contributed by atoms with Gasteiger partial charge in [-0.05, 0) is 40.0 Å². The standard InChI is InChI=1S/C17H37N3/c1-7-13-14-16(8-2)15-18-17(19(9-3)10-4)20(11-5)12-6/h16H,7-15H2,1-6H3/p+1. The smallest absolute Gasteiger partial charge is 0.278 e. The van der Waals surface area contributed by atoms with Gasteiger partial charge in [0.25, 0.3) is 0 Å². The topological polar surface area (TPSA) is 18.3 Å². The summed E-state index contributed by atoms with van der Waals surface area (Å²) >= 11 is 0. The van der Waals surface area contributed by atoms with Gasteiger partial charge in [-0.3, -0.25) is 14.8 Å². The first kappa shape index (κ1) is 19.3. The molecule has 1 unspecified atom stereocenters. The second-order valence-electron chi connectivity index (χ2n) is 5.47. The fourth-order valence-corrected chi connectivity index (χ4v) is 2.65. The average molecular weight is 285 g/mol. The SMILES string of the molecule is CCCCC(CC)CNC(N(CC)CC)=[N+](CC)CC. The first-order chi connectivity index (χ1) is 9.68. The molecule has 0 fully saturated rings. The van der Waals surface area contributed by atoms with Crippen LogP contribution in [0.3, 0.4) is 0 Å². The third-order valence-electron chi connectivity index (χ3n) is 4.22. The molecule has 120 valence electrons. The third-order valence-corrected chi connectivity index (χ3v) is 4.22. The van der Waals surface area contributed by atoms with Gasteiger partial charge in [0, 0.05) is 0 Å². The molecule has 0 heterocycles. The van der Waals surface area contributed by atoms with Crippen LogP contribution in [0.15, 0.2) is 0 Å². The average Bonchev–Trinajstić information content (AvgIpc) is 2.49. The van der Waals surface area contributed by atoms with Gasteiger partial charge in [-0.25, -0.2) is 0 Å². The third kappa shape index (κ3) is 6.62. The van der Waals surface area contributed by atoms with Crippen molar-refractivity contribution in [1.82, 2.24) is 10.2 Å². The van der Waals surface area contributed by atoms with Crippen molar-refractivity contribution >= 4 is 5.96 Å². The molecule has 0 spiro atoms. The summed E-state index contributed by atoms with van der Waals surface area (Å²) in [6.07, 6.45) is 5.28. The molecular formula is C17H38N3+. The summed E-state index contributed by atoms with van der Waals surface area (Å²) in [5.41, 5.74) is 0. The number of hydrogen-bond acceptors (Lipinski definition) is 0. The molecule has 1 atom stereocenters. The van der Waals surface area contributed by atoms with Gasteiger partial charge in [-0.15, -0.1) is 0 Å². The minimum absolute atomic E-state index is 0.802. The number of unbranched alkanes of at least 4 members (excludes halogenated alkanes) is 1. The van der Waals surface area contributed by atoms with Gasteiger partial charge in [0.05, 0.1) is 32.7 Å². The molecule has 0 saturated heterocycles. The fourth-order valence-electron chi connectivity index (χ4n) is 2.65. The van der Waals surface area contributed by atoms with E-state index in [2.05, 4.69) is 56.3 Å². The van der Waals surface area contributed by atoms with Crippen molar-refractivity contribution in [2.75, 3.05) is 32.7 Å². The maximum atomic E-state index is 3.75. The Balaban J connectivity index is 4.76. The maximum Gasteiger partial charge on any atom is 0.348 e. The lowest BCUT2D eigenvalue weighted by atomic mass is 9.99. The molecule has 20 heavy (non-hydrogen) atoms. The van der Waals surface area contributed by atoms with Crippen LogP contribution in [0.5, 0.6) is 0 Å². The highest BCUT2D eigenvalue weighted by Gasteiger charge is 2.19. The van der Waals surface area contributed by atoms with Crippen LogP contribution in [-0.2, 0) is 0 Å². The Morgan fingerprint density at radius 3 is 2.00 bits per heavy atom. The molecule has 0 aromatic heterocycles. The van der Waals surface area contributed by atoms with Crippen molar-refractivity contribution in [3.63, 3.8) is 0 Å². The largest absolute Gasteiger partial charge is 0.348 e. The Labute approximate surface area is 127 Å². The summed E-state index contributed by atoms with van der Waals surface area (Å²) in [5.74, 6) is 2.13. The molecule has 1 N–H and O–H groups in total. The maximum absolute atomic E-state index is 3.75. The molecule has 0 amide bonds. The van der Waals surface area contributed by atoms with Crippen molar-refractivity contribution in [3.05, 3.63) is 0 Å². The monoisotopic (exact) mass is 284 g/mol. The van der Waals surface area contributed by atoms with E-state index in [0.29, 0.717) is 0 Å². The van der Waals surface area contributed by atoms with E-state index < -0.39 is 0 Å². The minimum Gasteiger partial charge on any atom is -0.278 e. The molecule has 3 heteroatoms. The Bertz CT molecular complexity index is 251. The summed E-state index contributed by atoms with van der Waals surface area (Å²) < 4.78 is 2.44. The lowest BCUT2D eigenvalue weighted by Crippen LogP contribution is -2.48. The van der Waals surface area contributed by atoms with Crippen LogP contribution in [-0.4, -0.2) is 48.2 Å². The normalized spacial score (nSPS) is 12.1. The summed E-state index contributed by atoms with van der Waals surface area (Å²) in [6, 6.07) is 0. The van der Waals surface area contributed by atoms with Gasteiger partial charge in [-0.2, -0.15) is 0 Å². The van der Waals surface area contributed by atoms with Crippen LogP contribution in [0.25, 0.3) is 0 Å². The predicted molar refractivity (Wildman–Crippen MR) is 90.6 cm³/mol. The molecular weight excluding hydrogens is 246 g/mol. The molecule has 0 aromatic rings. The van der Waals surface area contributed by atoms with E-state index in [0.717, 1.165) is 38.6 Å². The van der Waals surface area contributed by atoms with Crippen LogP contribution in [0, 0.1) is 5.92 Å². The van der Waals surface area contributed by atoms with Gasteiger partial charge < -0.3 is 0 Å². The van der Waals surface area contributed by atoms with Crippen molar-refractivity contribution < 1.29 is 4.58 Å². The molecule has 0 bridgehead atoms. The minimum atomic E-state index is 0.802. The highest BCUT2D eigenvalue weighted by molar-refractivity contribution is 5.75. The zero-order valence-electron chi connectivity index (χ0n) is 14.8. The molecule has 0 aliphatic heterocycles. The van der Waals surface area contributed by atoms with E-state index in [-0.39, 0.29) is 0 Å². The van der Waals surface area contributed by atoms with E-state index >= 15 is 0 Å². The molecule has 0 radical (unpaired) electrons. The number of hydrogen-bond donors (Lipinski definition) is 1. The molecule has 0 aliphatic rings. The molecule has 0 aromatic carbocycles. The highest BCUT2D eigenvalue weighted by Crippen LogP contribution is 2.11. The number of rotatable bonds is 10. The Kier molecular flexibility index (Phi) is 11.6. The lowest BCUT2D eigenvalue weighted by molar-refractivity contribution is -0.527. The second-order valence-corrected chi connectivity index (χ2v) is 5.47. The number of nitrogens with zero attached hydrogens (tertiary/aromatic N) is 2. The summed E-state index contributed by atoms with van der Waals surface area (Å²) in [7, 11) is 0. The van der Waals surface area contributed by atoms with E-state index in [4.69, 9.17) is 0 Å². The van der Waals surface area contributed by atoms with Crippen molar-refractivity contribution in [3.8, 4) is 0 Å². The van der Waals surface area contributed by atoms with Crippen molar-refractivity contribution in [2.24, 2.45) is 5.92 Å². The van der Waals surface area contributed by atoms with Gasteiger partial charge in [0.15, 0.2) is 0 Å². The van der Waals surface area contributed by atoms with E-state index in [1.54, 1.807) is 0 Å². The van der Waals surface area contributed by atoms with Crippen LogP contribution in [0.1, 0.15) is 67.2 Å². The van der Waals surface area contributed by atoms with Crippen LogP contribution in [0.2, 0.25) is 0 Å². The van der Waals surface area contributed by atoms with E-state index in [1.165, 1.54) is 31.6 Å². The van der Waals surface area contributed by atoms with Gasteiger partial charge >= 0.3 is 5.96 Å². The highest BCUT2D eigenvalue weighted by atomic mass is 15.3. The van der Waals surface area contributed by atoms with Crippen LogP contribution >= 0.6 is 0 Å². The van der Waals surface area contributed by atoms with Gasteiger partial charge in [-0.1, -0.05) is 33.1 Å². The molecule has 3 nitrogen and oxygen atoms in total. The second kappa shape index (κ2) is 12.0. The van der Waals surface area contributed by atoms with Gasteiger partial charge in [0.2, 0.25) is 0 Å². The number of guanidine groups is 1. The van der Waals surface area contributed by atoms with E-state index in [9.17, 15) is 0 Å². The zero-order chi connectivity index (χ0) is 15.4. The molecule has 0 saturated carbocycles. The van der Waals surface area contributed by atoms with Crippen LogP contribution in [0.4, 0.5) is 0 Å². The predicted octanol–water partition coefficient (Wildman–Crippen LogP) is 3.54. The Morgan fingerprint density at radius 2 is 1.60 bits per heavy atom. The van der Waals surface area contributed by atoms with E-state index in [1.807, 2.05) is 0 Å². The Morgan fingerprint density at radius 1 is 1.00 bits per heavy atom. The summed E-state index contributed by atoms with van der Waals surface area (Å²) in [5, 5.41) is 3.75. The number of nitrogens with one attached hydrogen (secondary N) is 1. The first-order valence-corrected chi connectivity index (χ1v) is 8.78. The Hall–Kier alpha value is -0.730. The molecule has 0 rings (SSSR count).